The van der Waals surface area contributed by atoms with E-state index < -0.39 is 23.8 Å². The number of rotatable bonds is 16. The fraction of sp³-hybridized carbons (Fsp3) is 0.553. The third kappa shape index (κ3) is 10.4. The number of aromatic nitrogens is 2. The lowest BCUT2D eigenvalue weighted by molar-refractivity contribution is -0.129. The molecule has 4 N–H and O–H groups in total. The fourth-order valence-corrected chi connectivity index (χ4v) is 6.60. The van der Waals surface area contributed by atoms with Gasteiger partial charge in [0.25, 0.3) is 0 Å². The Hall–Kier alpha value is -3.63. The van der Waals surface area contributed by atoms with Crippen LogP contribution < -0.4 is 16.0 Å². The van der Waals surface area contributed by atoms with Crippen molar-refractivity contribution in [2.24, 2.45) is 0 Å². The van der Waals surface area contributed by atoms with Crippen molar-refractivity contribution in [3.63, 3.8) is 0 Å². The smallest absolute Gasteiger partial charge is 0.241 e. The Bertz CT molecular complexity index is 1450. The van der Waals surface area contributed by atoms with Gasteiger partial charge in [0.15, 0.2) is 0 Å². The highest BCUT2D eigenvalue weighted by Gasteiger charge is 2.35. The quantitative estimate of drug-likeness (QED) is 0.132. The van der Waals surface area contributed by atoms with E-state index in [1.165, 1.54) is 29.7 Å². The molecule has 2 aromatic carbocycles. The van der Waals surface area contributed by atoms with Crippen LogP contribution in [0.5, 0.6) is 0 Å². The molecule has 48 heavy (non-hydrogen) atoms. The molecule has 1 aliphatic rings. The predicted molar refractivity (Wildman–Crippen MR) is 189 cm³/mol. The van der Waals surface area contributed by atoms with Gasteiger partial charge in [-0.05, 0) is 72.4 Å². The molecule has 1 aliphatic carbocycles. The van der Waals surface area contributed by atoms with Gasteiger partial charge in [-0.1, -0.05) is 78.1 Å². The molecule has 10 heteroatoms. The van der Waals surface area contributed by atoms with E-state index in [0.29, 0.717) is 24.5 Å². The summed E-state index contributed by atoms with van der Waals surface area (Å²) in [5.41, 5.74) is 2.61. The highest BCUT2D eigenvalue weighted by atomic mass is 19.1. The van der Waals surface area contributed by atoms with E-state index in [1.54, 1.807) is 12.3 Å². The molecule has 0 unspecified atom stereocenters. The molecule has 0 saturated heterocycles. The van der Waals surface area contributed by atoms with Gasteiger partial charge < -0.3 is 26.0 Å². The molecule has 1 fully saturated rings. The van der Waals surface area contributed by atoms with Crippen LogP contribution in [0.3, 0.4) is 0 Å². The molecule has 1 aromatic heterocycles. The first-order chi connectivity index (χ1) is 22.9. The summed E-state index contributed by atoms with van der Waals surface area (Å²) in [4.78, 5) is 23.5. The zero-order chi connectivity index (χ0) is 34.7. The first-order valence-electron chi connectivity index (χ1n) is 17.5. The van der Waals surface area contributed by atoms with Gasteiger partial charge in [0.05, 0.1) is 18.7 Å². The number of halogens is 2. The lowest BCUT2D eigenvalue weighted by atomic mass is 9.74. The SMILES string of the molecule is CCCN(CCC)C(=O)CNc1nccc(N[C@@H](Cc2cc(F)cc(F)c2)[C@H](O)CNC2(c3cccc(C(C)(C)C)c3)CCCCC2)n1. The second-order valence-electron chi connectivity index (χ2n) is 14.2. The monoisotopic (exact) mass is 664 g/mol. The summed E-state index contributed by atoms with van der Waals surface area (Å²) in [6.45, 7) is 12.4. The number of benzene rings is 2. The van der Waals surface area contributed by atoms with Gasteiger partial charge in [0.2, 0.25) is 11.9 Å². The molecule has 0 bridgehead atoms. The van der Waals surface area contributed by atoms with E-state index in [2.05, 4.69) is 71.0 Å². The molecule has 1 heterocycles. The van der Waals surface area contributed by atoms with Crippen molar-refractivity contribution in [1.82, 2.24) is 20.2 Å². The van der Waals surface area contributed by atoms with Crippen LogP contribution in [0.15, 0.2) is 54.7 Å². The number of aliphatic hydroxyl groups is 1. The van der Waals surface area contributed by atoms with Crippen LogP contribution in [0.4, 0.5) is 20.5 Å². The zero-order valence-corrected chi connectivity index (χ0v) is 29.3. The van der Waals surface area contributed by atoms with Gasteiger partial charge in [-0.3, -0.25) is 4.79 Å². The van der Waals surface area contributed by atoms with Gasteiger partial charge >= 0.3 is 0 Å². The van der Waals surface area contributed by atoms with Gasteiger partial charge in [0, 0.05) is 37.4 Å². The highest BCUT2D eigenvalue weighted by molar-refractivity contribution is 5.80. The van der Waals surface area contributed by atoms with Crippen LogP contribution in [0, 0.1) is 11.6 Å². The summed E-state index contributed by atoms with van der Waals surface area (Å²) < 4.78 is 28.4. The Morgan fingerprint density at radius 2 is 1.69 bits per heavy atom. The zero-order valence-electron chi connectivity index (χ0n) is 29.3. The van der Waals surface area contributed by atoms with Crippen molar-refractivity contribution in [3.8, 4) is 0 Å². The maximum Gasteiger partial charge on any atom is 0.241 e. The number of nitrogens with zero attached hydrogens (tertiary/aromatic N) is 3. The van der Waals surface area contributed by atoms with E-state index >= 15 is 0 Å². The van der Waals surface area contributed by atoms with Crippen molar-refractivity contribution >= 4 is 17.7 Å². The average molecular weight is 665 g/mol. The Morgan fingerprint density at radius 3 is 2.33 bits per heavy atom. The first-order valence-corrected chi connectivity index (χ1v) is 17.5. The average Bonchev–Trinajstić information content (AvgIpc) is 3.05. The number of aliphatic hydroxyl groups excluding tert-OH is 1. The van der Waals surface area contributed by atoms with Crippen molar-refractivity contribution in [2.45, 2.75) is 109 Å². The number of hydrogen-bond acceptors (Lipinski definition) is 7. The minimum Gasteiger partial charge on any atom is -0.390 e. The molecule has 262 valence electrons. The highest BCUT2D eigenvalue weighted by Crippen LogP contribution is 2.38. The van der Waals surface area contributed by atoms with Crippen molar-refractivity contribution in [2.75, 3.05) is 36.8 Å². The van der Waals surface area contributed by atoms with E-state index in [4.69, 9.17) is 0 Å². The van der Waals surface area contributed by atoms with E-state index in [0.717, 1.165) is 44.6 Å². The normalized spacial score (nSPS) is 15.8. The summed E-state index contributed by atoms with van der Waals surface area (Å²) in [5, 5.41) is 21.8. The first kappa shape index (κ1) is 37.2. The number of amides is 1. The molecule has 4 rings (SSSR count). The van der Waals surface area contributed by atoms with Gasteiger partial charge in [-0.25, -0.2) is 13.8 Å². The third-order valence-corrected chi connectivity index (χ3v) is 9.21. The second kappa shape index (κ2) is 17.2. The lowest BCUT2D eigenvalue weighted by Gasteiger charge is -2.41. The van der Waals surface area contributed by atoms with Crippen molar-refractivity contribution < 1.29 is 18.7 Å². The Kier molecular flexibility index (Phi) is 13.3. The Labute approximate surface area is 285 Å². The lowest BCUT2D eigenvalue weighted by Crippen LogP contribution is -2.51. The van der Waals surface area contributed by atoms with Crippen LogP contribution in [0.1, 0.15) is 96.3 Å². The molecule has 0 radical (unpaired) electrons. The third-order valence-electron chi connectivity index (χ3n) is 9.21. The summed E-state index contributed by atoms with van der Waals surface area (Å²) >= 11 is 0. The van der Waals surface area contributed by atoms with Gasteiger partial charge in [-0.15, -0.1) is 0 Å². The van der Waals surface area contributed by atoms with Crippen molar-refractivity contribution in [1.29, 1.82) is 0 Å². The van der Waals surface area contributed by atoms with Gasteiger partial charge in [0.1, 0.15) is 17.5 Å². The van der Waals surface area contributed by atoms with Crippen LogP contribution in [-0.4, -0.2) is 64.2 Å². The molecule has 1 amide bonds. The van der Waals surface area contributed by atoms with Crippen LogP contribution in [0.25, 0.3) is 0 Å². The fourth-order valence-electron chi connectivity index (χ4n) is 6.60. The second-order valence-corrected chi connectivity index (χ2v) is 14.2. The van der Waals surface area contributed by atoms with Gasteiger partial charge in [-0.2, -0.15) is 4.98 Å². The minimum absolute atomic E-state index is 0.00354. The van der Waals surface area contributed by atoms with Crippen LogP contribution in [-0.2, 0) is 22.2 Å². The number of carbonyl (C=O) groups excluding carboxylic acids is 1. The topological polar surface area (TPSA) is 102 Å². The number of carbonyl (C=O) groups is 1. The van der Waals surface area contributed by atoms with E-state index in [9.17, 15) is 18.7 Å². The molecule has 8 nitrogen and oxygen atoms in total. The van der Waals surface area contributed by atoms with Crippen LogP contribution >= 0.6 is 0 Å². The Morgan fingerprint density at radius 1 is 1.00 bits per heavy atom. The maximum absolute atomic E-state index is 14.2. The molecule has 0 spiro atoms. The summed E-state index contributed by atoms with van der Waals surface area (Å²) in [5.74, 6) is -0.684. The number of anilines is 2. The summed E-state index contributed by atoms with van der Waals surface area (Å²) in [6.07, 6.45) is 7.78. The summed E-state index contributed by atoms with van der Waals surface area (Å²) in [7, 11) is 0. The van der Waals surface area contributed by atoms with E-state index in [-0.39, 0.29) is 42.3 Å². The van der Waals surface area contributed by atoms with E-state index in [1.807, 2.05) is 18.7 Å². The molecule has 0 aliphatic heterocycles. The molecule has 2 atom stereocenters. The minimum atomic E-state index is -0.939. The predicted octanol–water partition coefficient (Wildman–Crippen LogP) is 6.95. The summed E-state index contributed by atoms with van der Waals surface area (Å²) in [6, 6.07) is 13.2. The van der Waals surface area contributed by atoms with Crippen LogP contribution in [0.2, 0.25) is 0 Å². The molecule has 1 saturated carbocycles. The Balaban J connectivity index is 1.54. The molecular formula is C38H54F2N6O2. The van der Waals surface area contributed by atoms with Crippen molar-refractivity contribution in [3.05, 3.63) is 83.1 Å². The largest absolute Gasteiger partial charge is 0.390 e. The number of hydrogen-bond donors (Lipinski definition) is 4. The maximum atomic E-state index is 14.2. The standard InChI is InChI=1S/C38H54F2N6O2/c1-6-18-46(19-7-2)35(48)26-42-36-41-17-14-34(45-36)44-32(22-27-20-30(39)24-31(40)21-27)33(47)25-43-38(15-9-8-10-16-38)29-13-11-12-28(23-29)37(3,4)5/h11-14,17,20-21,23-24,32-33,43,47H,6-10,15-16,18-19,22,25-26H2,1-5H3,(H2,41,42,44,45)/t32-,33+/m0/s1. The molecule has 3 aromatic rings. The number of nitrogens with one attached hydrogen (secondary N) is 3. The molecular weight excluding hydrogens is 610 g/mol.